The second kappa shape index (κ2) is 9.13. The smallest absolute Gasteiger partial charge is 0.401 e. The number of oxazole rings is 1. The van der Waals surface area contributed by atoms with E-state index >= 15 is 0 Å². The summed E-state index contributed by atoms with van der Waals surface area (Å²) in [6, 6.07) is 1.31. The zero-order valence-electron chi connectivity index (χ0n) is 16.6. The maximum Gasteiger partial charge on any atom is 0.401 e. The van der Waals surface area contributed by atoms with Gasteiger partial charge in [0, 0.05) is 42.1 Å². The number of ketones is 1. The molecule has 2 N–H and O–H groups in total. The number of hydrogen-bond acceptors (Lipinski definition) is 7. The molecule has 1 aliphatic rings. The van der Waals surface area contributed by atoms with E-state index in [9.17, 15) is 18.0 Å². The van der Waals surface area contributed by atoms with Crippen LogP contribution in [0.2, 0.25) is 0 Å². The SMILES string of the molecule is CC(C)(c1ncc(-c2cncc(Br)c2)o1)N1CCN[C@H](C(=O)CNCC(F)(F)F)C1. The largest absolute Gasteiger partial charge is 0.439 e. The molecule has 0 unspecified atom stereocenters. The van der Waals surface area contributed by atoms with E-state index in [4.69, 9.17) is 4.42 Å². The number of nitrogens with zero attached hydrogens (tertiary/aromatic N) is 3. The van der Waals surface area contributed by atoms with Crippen molar-refractivity contribution < 1.29 is 22.4 Å². The van der Waals surface area contributed by atoms with Gasteiger partial charge in [0.2, 0.25) is 5.89 Å². The predicted octanol–water partition coefficient (Wildman–Crippen LogP) is 2.73. The molecule has 1 atom stereocenters. The lowest BCUT2D eigenvalue weighted by Crippen LogP contribution is -2.60. The van der Waals surface area contributed by atoms with Gasteiger partial charge in [-0.3, -0.25) is 14.7 Å². The van der Waals surface area contributed by atoms with Gasteiger partial charge in [-0.25, -0.2) is 4.98 Å². The number of rotatable bonds is 7. The fraction of sp³-hybridized carbons (Fsp3) is 0.526. The van der Waals surface area contributed by atoms with Gasteiger partial charge in [0.05, 0.1) is 30.9 Å². The monoisotopic (exact) mass is 489 g/mol. The van der Waals surface area contributed by atoms with Crippen molar-refractivity contribution in [2.75, 3.05) is 32.7 Å². The van der Waals surface area contributed by atoms with Crippen LogP contribution in [0.5, 0.6) is 0 Å². The third-order valence-corrected chi connectivity index (χ3v) is 5.43. The topological polar surface area (TPSA) is 83.3 Å². The standard InChI is InChI=1S/C19H23BrF3N5O2/c1-18(2,17-27-9-16(30-17)12-5-13(20)7-24-6-12)28-4-3-26-14(10-28)15(29)8-25-11-19(21,22)23/h5-7,9,14,25-26H,3-4,8,10-11H2,1-2H3/t14-/m0/s1. The summed E-state index contributed by atoms with van der Waals surface area (Å²) in [5.74, 6) is 0.750. The highest BCUT2D eigenvalue weighted by molar-refractivity contribution is 9.10. The molecule has 1 aliphatic heterocycles. The Morgan fingerprint density at radius 3 is 2.83 bits per heavy atom. The Balaban J connectivity index is 1.66. The van der Waals surface area contributed by atoms with E-state index < -0.39 is 24.3 Å². The first-order valence-electron chi connectivity index (χ1n) is 9.42. The third-order valence-electron chi connectivity index (χ3n) is 5.00. The minimum Gasteiger partial charge on any atom is -0.439 e. The zero-order chi connectivity index (χ0) is 21.9. The van der Waals surface area contributed by atoms with E-state index in [0.717, 1.165) is 10.0 Å². The number of pyridine rings is 1. The van der Waals surface area contributed by atoms with Gasteiger partial charge in [0.25, 0.3) is 0 Å². The van der Waals surface area contributed by atoms with Crippen molar-refractivity contribution in [1.82, 2.24) is 25.5 Å². The molecule has 164 valence electrons. The molecule has 0 saturated carbocycles. The number of Topliss-reactive ketones (excluding diaryl/α,β-unsaturated/α-hetero) is 1. The first-order chi connectivity index (χ1) is 14.1. The van der Waals surface area contributed by atoms with E-state index in [2.05, 4.69) is 36.5 Å². The Labute approximate surface area is 180 Å². The van der Waals surface area contributed by atoms with Crippen LogP contribution in [0.1, 0.15) is 19.7 Å². The van der Waals surface area contributed by atoms with Crippen LogP contribution in [0.4, 0.5) is 13.2 Å². The minimum absolute atomic E-state index is 0.312. The second-order valence-electron chi connectivity index (χ2n) is 7.62. The molecule has 7 nitrogen and oxygen atoms in total. The van der Waals surface area contributed by atoms with Crippen molar-refractivity contribution in [1.29, 1.82) is 0 Å². The van der Waals surface area contributed by atoms with Crippen molar-refractivity contribution in [3.05, 3.63) is 35.0 Å². The average molecular weight is 490 g/mol. The normalized spacial score (nSPS) is 18.5. The minimum atomic E-state index is -4.35. The van der Waals surface area contributed by atoms with Crippen molar-refractivity contribution in [3.63, 3.8) is 0 Å². The lowest BCUT2D eigenvalue weighted by molar-refractivity contribution is -0.129. The second-order valence-corrected chi connectivity index (χ2v) is 8.53. The van der Waals surface area contributed by atoms with Crippen LogP contribution in [0.15, 0.2) is 33.5 Å². The number of carbonyl (C=O) groups excluding carboxylic acids is 1. The molecule has 3 heterocycles. The van der Waals surface area contributed by atoms with Gasteiger partial charge in [0.15, 0.2) is 11.5 Å². The van der Waals surface area contributed by atoms with Crippen LogP contribution in [-0.4, -0.2) is 65.6 Å². The fourth-order valence-corrected chi connectivity index (χ4v) is 3.66. The summed E-state index contributed by atoms with van der Waals surface area (Å²) in [6.07, 6.45) is 0.634. The Morgan fingerprint density at radius 2 is 2.13 bits per heavy atom. The molecule has 3 rings (SSSR count). The summed E-state index contributed by atoms with van der Waals surface area (Å²) in [5.41, 5.74) is 0.167. The van der Waals surface area contributed by atoms with Crippen LogP contribution in [0.3, 0.4) is 0 Å². The molecule has 30 heavy (non-hydrogen) atoms. The van der Waals surface area contributed by atoms with Crippen LogP contribution in [0.25, 0.3) is 11.3 Å². The highest BCUT2D eigenvalue weighted by Gasteiger charge is 2.38. The van der Waals surface area contributed by atoms with Gasteiger partial charge < -0.3 is 15.1 Å². The Bertz CT molecular complexity index is 887. The summed E-state index contributed by atoms with van der Waals surface area (Å²) in [6.45, 7) is 3.86. The summed E-state index contributed by atoms with van der Waals surface area (Å²) in [4.78, 5) is 22.9. The number of alkyl halides is 3. The molecule has 2 aromatic rings. The van der Waals surface area contributed by atoms with E-state index in [1.54, 1.807) is 18.6 Å². The predicted molar refractivity (Wildman–Crippen MR) is 108 cm³/mol. The molecule has 11 heteroatoms. The van der Waals surface area contributed by atoms with Gasteiger partial charge in [-0.05, 0) is 35.8 Å². The van der Waals surface area contributed by atoms with Gasteiger partial charge in [0.1, 0.15) is 0 Å². The van der Waals surface area contributed by atoms with Crippen LogP contribution in [0, 0.1) is 0 Å². The van der Waals surface area contributed by atoms with Crippen molar-refractivity contribution in [3.8, 4) is 11.3 Å². The first-order valence-corrected chi connectivity index (χ1v) is 10.2. The number of carbonyl (C=O) groups is 1. The summed E-state index contributed by atoms with van der Waals surface area (Å²) in [5, 5.41) is 5.24. The molecule has 0 spiro atoms. The van der Waals surface area contributed by atoms with Crippen LogP contribution >= 0.6 is 15.9 Å². The summed E-state index contributed by atoms with van der Waals surface area (Å²) >= 11 is 3.38. The zero-order valence-corrected chi connectivity index (χ0v) is 18.2. The van der Waals surface area contributed by atoms with E-state index in [1.807, 2.05) is 24.8 Å². The molecule has 0 aromatic carbocycles. The van der Waals surface area contributed by atoms with Gasteiger partial charge >= 0.3 is 6.18 Å². The molecule has 0 aliphatic carbocycles. The molecular formula is C19H23BrF3N5O2. The molecule has 1 fully saturated rings. The maximum atomic E-state index is 12.3. The third kappa shape index (κ3) is 5.65. The number of hydrogen-bond donors (Lipinski definition) is 2. The number of aromatic nitrogens is 2. The van der Waals surface area contributed by atoms with Gasteiger partial charge in [-0.1, -0.05) is 0 Å². The fourth-order valence-electron chi connectivity index (χ4n) is 3.30. The maximum absolute atomic E-state index is 12.3. The Hall–Kier alpha value is -1.82. The summed E-state index contributed by atoms with van der Waals surface area (Å²) < 4.78 is 43.6. The molecule has 0 bridgehead atoms. The van der Waals surface area contributed by atoms with Crippen molar-refractivity contribution in [2.24, 2.45) is 0 Å². The van der Waals surface area contributed by atoms with Gasteiger partial charge in [-0.15, -0.1) is 0 Å². The average Bonchev–Trinajstić information content (AvgIpc) is 3.18. The lowest BCUT2D eigenvalue weighted by Gasteiger charge is -2.41. The van der Waals surface area contributed by atoms with E-state index in [0.29, 0.717) is 31.3 Å². The summed E-state index contributed by atoms with van der Waals surface area (Å²) in [7, 11) is 0. The highest BCUT2D eigenvalue weighted by atomic mass is 79.9. The highest BCUT2D eigenvalue weighted by Crippen LogP contribution is 2.31. The first kappa shape index (κ1) is 22.9. The van der Waals surface area contributed by atoms with Gasteiger partial charge in [-0.2, -0.15) is 13.2 Å². The van der Waals surface area contributed by atoms with E-state index in [-0.39, 0.29) is 12.3 Å². The van der Waals surface area contributed by atoms with Crippen LogP contribution in [-0.2, 0) is 10.3 Å². The van der Waals surface area contributed by atoms with Crippen molar-refractivity contribution in [2.45, 2.75) is 31.6 Å². The molecular weight excluding hydrogens is 467 g/mol. The van der Waals surface area contributed by atoms with E-state index in [1.165, 1.54) is 0 Å². The molecule has 0 radical (unpaired) electrons. The Kier molecular flexibility index (Phi) is 6.95. The molecule has 0 amide bonds. The Morgan fingerprint density at radius 1 is 1.37 bits per heavy atom. The molecule has 2 aromatic heterocycles. The van der Waals surface area contributed by atoms with Crippen molar-refractivity contribution >= 4 is 21.7 Å². The lowest BCUT2D eigenvalue weighted by atomic mass is 9.99. The van der Waals surface area contributed by atoms with Crippen LogP contribution < -0.4 is 10.6 Å². The number of halogens is 4. The quantitative estimate of drug-likeness (QED) is 0.618. The number of nitrogens with one attached hydrogen (secondary N) is 2. The molecule has 1 saturated heterocycles. The number of piperazine rings is 1.